The van der Waals surface area contributed by atoms with Gasteiger partial charge < -0.3 is 10.1 Å². The van der Waals surface area contributed by atoms with E-state index in [0.717, 1.165) is 40.8 Å². The minimum atomic E-state index is 0.405. The third-order valence-electron chi connectivity index (χ3n) is 5.26. The smallest absolute Gasteiger partial charge is 0.124 e. The summed E-state index contributed by atoms with van der Waals surface area (Å²) in [5, 5.41) is 8.26. The number of hydrogen-bond acceptors (Lipinski definition) is 2. The van der Waals surface area contributed by atoms with Crippen molar-refractivity contribution in [2.45, 2.75) is 19.6 Å². The van der Waals surface area contributed by atoms with Crippen LogP contribution in [0.4, 0.5) is 0 Å². The molecular weight excluding hydrogens is 484 g/mol. The lowest BCUT2D eigenvalue weighted by Gasteiger charge is -2.16. The standard InChI is InChI=1S/C26H21Cl4NO/c27-20-8-6-19(24(29)14-20)11-12-31-15-22-21-4-2-1-3-18(21)7-10-26(22)32-16-17-5-9-23(28)25(30)13-17/h1-10,13-14,31H,11-12,15-16H2. The molecule has 0 bridgehead atoms. The van der Waals surface area contributed by atoms with E-state index < -0.39 is 0 Å². The Morgan fingerprint density at radius 3 is 2.41 bits per heavy atom. The van der Waals surface area contributed by atoms with Crippen molar-refractivity contribution in [2.75, 3.05) is 6.54 Å². The maximum Gasteiger partial charge on any atom is 0.124 e. The van der Waals surface area contributed by atoms with Crippen molar-refractivity contribution < 1.29 is 4.74 Å². The fraction of sp³-hybridized carbons (Fsp3) is 0.154. The van der Waals surface area contributed by atoms with E-state index in [0.29, 0.717) is 33.2 Å². The van der Waals surface area contributed by atoms with Crippen molar-refractivity contribution in [1.29, 1.82) is 0 Å². The van der Waals surface area contributed by atoms with Gasteiger partial charge in [0.15, 0.2) is 0 Å². The van der Waals surface area contributed by atoms with Crippen molar-refractivity contribution in [2.24, 2.45) is 0 Å². The van der Waals surface area contributed by atoms with Crippen LogP contribution >= 0.6 is 46.4 Å². The van der Waals surface area contributed by atoms with Crippen LogP contribution in [0.15, 0.2) is 72.8 Å². The van der Waals surface area contributed by atoms with Crippen molar-refractivity contribution >= 4 is 57.2 Å². The van der Waals surface area contributed by atoms with E-state index in [4.69, 9.17) is 51.1 Å². The first-order valence-corrected chi connectivity index (χ1v) is 11.7. The summed E-state index contributed by atoms with van der Waals surface area (Å²) < 4.78 is 6.20. The highest BCUT2D eigenvalue weighted by molar-refractivity contribution is 6.42. The molecule has 0 amide bonds. The molecule has 2 nitrogen and oxygen atoms in total. The van der Waals surface area contributed by atoms with E-state index in [1.165, 1.54) is 5.39 Å². The van der Waals surface area contributed by atoms with Gasteiger partial charge in [-0.25, -0.2) is 0 Å². The molecular formula is C26H21Cl4NO. The molecule has 0 fully saturated rings. The normalized spacial score (nSPS) is 11.1. The first kappa shape index (κ1) is 23.2. The summed E-state index contributed by atoms with van der Waals surface area (Å²) in [5.41, 5.74) is 3.15. The second-order valence-corrected chi connectivity index (χ2v) is 9.12. The number of halogens is 4. The van der Waals surface area contributed by atoms with Crippen molar-refractivity contribution in [3.05, 3.63) is 110 Å². The highest BCUT2D eigenvalue weighted by atomic mass is 35.5. The van der Waals surface area contributed by atoms with Gasteiger partial charge in [0.1, 0.15) is 12.4 Å². The molecule has 0 radical (unpaired) electrons. The van der Waals surface area contributed by atoms with Crippen molar-refractivity contribution in [3.63, 3.8) is 0 Å². The minimum Gasteiger partial charge on any atom is -0.489 e. The summed E-state index contributed by atoms with van der Waals surface area (Å²) in [6.07, 6.45) is 0.806. The predicted molar refractivity (Wildman–Crippen MR) is 137 cm³/mol. The average molecular weight is 505 g/mol. The number of hydrogen-bond donors (Lipinski definition) is 1. The molecule has 4 aromatic rings. The topological polar surface area (TPSA) is 21.3 Å². The minimum absolute atomic E-state index is 0.405. The Balaban J connectivity index is 1.48. The Morgan fingerprint density at radius 1 is 0.750 bits per heavy atom. The molecule has 0 atom stereocenters. The molecule has 0 saturated carbocycles. The van der Waals surface area contributed by atoms with Crippen molar-refractivity contribution in [3.8, 4) is 5.75 Å². The fourth-order valence-corrected chi connectivity index (χ4v) is 4.41. The third kappa shape index (κ3) is 5.70. The summed E-state index contributed by atoms with van der Waals surface area (Å²) in [7, 11) is 0. The van der Waals surface area contributed by atoms with Gasteiger partial charge in [-0.05, 0) is 65.2 Å². The summed E-state index contributed by atoms with van der Waals surface area (Å²) in [6, 6.07) is 23.6. The fourth-order valence-electron chi connectivity index (χ4n) is 3.58. The lowest BCUT2D eigenvalue weighted by molar-refractivity contribution is 0.303. The molecule has 0 aliphatic carbocycles. The molecule has 4 rings (SSSR count). The maximum atomic E-state index is 6.30. The lowest BCUT2D eigenvalue weighted by atomic mass is 10.0. The molecule has 0 spiro atoms. The summed E-state index contributed by atoms with van der Waals surface area (Å²) in [4.78, 5) is 0. The Morgan fingerprint density at radius 2 is 1.59 bits per heavy atom. The van der Waals surface area contributed by atoms with Gasteiger partial charge in [0.25, 0.3) is 0 Å². The second-order valence-electron chi connectivity index (χ2n) is 7.46. The summed E-state index contributed by atoms with van der Waals surface area (Å²) in [6.45, 7) is 1.85. The van der Waals surface area contributed by atoms with E-state index in [1.54, 1.807) is 12.1 Å². The van der Waals surface area contributed by atoms with Crippen LogP contribution in [0.5, 0.6) is 5.75 Å². The van der Waals surface area contributed by atoms with Crippen molar-refractivity contribution in [1.82, 2.24) is 5.32 Å². The molecule has 0 saturated heterocycles. The first-order valence-electron chi connectivity index (χ1n) is 10.2. The number of ether oxygens (including phenoxy) is 1. The van der Waals surface area contributed by atoms with Gasteiger partial charge in [0.05, 0.1) is 10.0 Å². The molecule has 32 heavy (non-hydrogen) atoms. The zero-order valence-corrected chi connectivity index (χ0v) is 20.2. The van der Waals surface area contributed by atoms with Gasteiger partial charge in [-0.1, -0.05) is 88.9 Å². The Kier molecular flexibility index (Phi) is 7.83. The molecule has 4 aromatic carbocycles. The quantitative estimate of drug-likeness (QED) is 0.243. The Hall–Kier alpha value is -1.94. The molecule has 0 heterocycles. The van der Waals surface area contributed by atoms with Crippen LogP contribution in [-0.4, -0.2) is 6.54 Å². The molecule has 1 N–H and O–H groups in total. The number of rotatable bonds is 8. The van der Waals surface area contributed by atoms with Gasteiger partial charge >= 0.3 is 0 Å². The van der Waals surface area contributed by atoms with E-state index in [9.17, 15) is 0 Å². The van der Waals surface area contributed by atoms with Crippen LogP contribution in [-0.2, 0) is 19.6 Å². The second kappa shape index (κ2) is 10.8. The molecule has 6 heteroatoms. The van der Waals surface area contributed by atoms with Crippen LogP contribution in [0.2, 0.25) is 20.1 Å². The number of fused-ring (bicyclic) bond motifs is 1. The largest absolute Gasteiger partial charge is 0.489 e. The molecule has 0 aliphatic rings. The Bertz CT molecular complexity index is 1240. The maximum absolute atomic E-state index is 6.30. The zero-order valence-electron chi connectivity index (χ0n) is 17.2. The van der Waals surface area contributed by atoms with E-state index in [-0.39, 0.29) is 0 Å². The zero-order chi connectivity index (χ0) is 22.5. The average Bonchev–Trinajstić information content (AvgIpc) is 2.79. The van der Waals surface area contributed by atoms with Gasteiger partial charge in [-0.3, -0.25) is 0 Å². The van der Waals surface area contributed by atoms with Gasteiger partial charge in [-0.15, -0.1) is 0 Å². The third-order valence-corrected chi connectivity index (χ3v) is 6.59. The van der Waals surface area contributed by atoms with Gasteiger partial charge in [0.2, 0.25) is 0 Å². The lowest BCUT2D eigenvalue weighted by Crippen LogP contribution is -2.17. The van der Waals surface area contributed by atoms with Crippen LogP contribution in [0, 0.1) is 0 Å². The van der Waals surface area contributed by atoms with E-state index >= 15 is 0 Å². The van der Waals surface area contributed by atoms with Crippen LogP contribution in [0.3, 0.4) is 0 Å². The monoisotopic (exact) mass is 503 g/mol. The van der Waals surface area contributed by atoms with E-state index in [2.05, 4.69) is 23.5 Å². The SMILES string of the molecule is Clc1ccc(CCNCc2c(OCc3ccc(Cl)c(Cl)c3)ccc3ccccc23)c(Cl)c1. The highest BCUT2D eigenvalue weighted by Gasteiger charge is 2.10. The van der Waals surface area contributed by atoms with Gasteiger partial charge in [0, 0.05) is 22.2 Å². The van der Waals surface area contributed by atoms with E-state index in [1.807, 2.05) is 42.5 Å². The summed E-state index contributed by atoms with van der Waals surface area (Å²) in [5.74, 6) is 0.840. The first-order chi connectivity index (χ1) is 15.5. The van der Waals surface area contributed by atoms with Crippen LogP contribution < -0.4 is 10.1 Å². The molecule has 164 valence electrons. The molecule has 0 unspecified atom stereocenters. The summed E-state index contributed by atoms with van der Waals surface area (Å²) >= 11 is 24.5. The molecule has 0 aromatic heterocycles. The molecule has 0 aliphatic heterocycles. The van der Waals surface area contributed by atoms with Crippen LogP contribution in [0.25, 0.3) is 10.8 Å². The number of benzene rings is 4. The highest BCUT2D eigenvalue weighted by Crippen LogP contribution is 2.30. The number of nitrogens with one attached hydrogen (secondary N) is 1. The Labute approximate surface area is 208 Å². The van der Waals surface area contributed by atoms with Crippen LogP contribution in [0.1, 0.15) is 16.7 Å². The predicted octanol–water partition coefficient (Wildman–Crippen LogP) is 8.36. The van der Waals surface area contributed by atoms with Gasteiger partial charge in [-0.2, -0.15) is 0 Å².